The van der Waals surface area contributed by atoms with Crippen molar-refractivity contribution in [2.45, 2.75) is 50.6 Å². The lowest BCUT2D eigenvalue weighted by atomic mass is 9.86. The first-order chi connectivity index (χ1) is 12.7. The Morgan fingerprint density at radius 3 is 2.38 bits per heavy atom. The second-order valence-corrected chi connectivity index (χ2v) is 7.19. The van der Waals surface area contributed by atoms with Gasteiger partial charge in [-0.15, -0.1) is 0 Å². The quantitative estimate of drug-likeness (QED) is 0.747. The summed E-state index contributed by atoms with van der Waals surface area (Å²) in [7, 11) is 0. The van der Waals surface area contributed by atoms with E-state index in [0.29, 0.717) is 5.56 Å². The summed E-state index contributed by atoms with van der Waals surface area (Å²) >= 11 is 0. The monoisotopic (exact) mass is 355 g/mol. The van der Waals surface area contributed by atoms with Gasteiger partial charge in [0, 0.05) is 11.6 Å². The van der Waals surface area contributed by atoms with Crippen LogP contribution in [0.3, 0.4) is 0 Å². The van der Waals surface area contributed by atoms with Crippen molar-refractivity contribution in [3.05, 3.63) is 59.7 Å². The number of para-hydroxylation sites is 2. The number of hydrogen-bond acceptors (Lipinski definition) is 2. The number of fused-ring (bicyclic) bond motifs is 1. The third kappa shape index (κ3) is 3.30. The van der Waals surface area contributed by atoms with E-state index < -0.39 is 11.6 Å². The molecule has 1 spiro atoms. The van der Waals surface area contributed by atoms with E-state index in [0.717, 1.165) is 49.0 Å². The first kappa shape index (κ1) is 17.0. The second kappa shape index (κ2) is 7.06. The predicted octanol–water partition coefficient (Wildman–Crippen LogP) is 5.49. The molecule has 2 aromatic rings. The summed E-state index contributed by atoms with van der Waals surface area (Å²) in [6.07, 6.45) is 6.73. The van der Waals surface area contributed by atoms with Crippen LogP contribution in [0.2, 0.25) is 0 Å². The van der Waals surface area contributed by atoms with E-state index in [2.05, 4.69) is 16.7 Å². The van der Waals surface area contributed by atoms with Crippen molar-refractivity contribution >= 4 is 17.2 Å². The van der Waals surface area contributed by atoms with Gasteiger partial charge in [-0.2, -0.15) is 0 Å². The average molecular weight is 355 g/mol. The molecule has 4 rings (SSSR count). The Morgan fingerprint density at radius 1 is 0.923 bits per heavy atom. The van der Waals surface area contributed by atoms with E-state index in [1.807, 2.05) is 18.2 Å². The number of anilines is 2. The van der Waals surface area contributed by atoms with Crippen LogP contribution in [-0.4, -0.2) is 11.4 Å². The van der Waals surface area contributed by atoms with Gasteiger partial charge in [0.2, 0.25) is 0 Å². The Hall–Kier alpha value is -2.43. The van der Waals surface area contributed by atoms with E-state index in [1.54, 1.807) is 0 Å². The zero-order valence-corrected chi connectivity index (χ0v) is 14.7. The molecule has 0 atom stereocenters. The molecule has 0 radical (unpaired) electrons. The zero-order chi connectivity index (χ0) is 18.0. The SMILES string of the molecule is Fc1ccc(CN=C2Nc3ccccc3NC23CCCCCC3)c(F)c1. The fourth-order valence-corrected chi connectivity index (χ4v) is 3.96. The molecule has 2 aromatic carbocycles. The van der Waals surface area contributed by atoms with Crippen LogP contribution >= 0.6 is 0 Å². The predicted molar refractivity (Wildman–Crippen MR) is 102 cm³/mol. The molecular formula is C21H23F2N3. The highest BCUT2D eigenvalue weighted by Crippen LogP contribution is 2.38. The Kier molecular flexibility index (Phi) is 4.62. The van der Waals surface area contributed by atoms with Crippen LogP contribution in [0.1, 0.15) is 44.1 Å². The van der Waals surface area contributed by atoms with Gasteiger partial charge in [0.25, 0.3) is 0 Å². The molecule has 3 nitrogen and oxygen atoms in total. The summed E-state index contributed by atoms with van der Waals surface area (Å²) in [4.78, 5) is 4.74. The van der Waals surface area contributed by atoms with Gasteiger partial charge in [0.05, 0.1) is 23.5 Å². The van der Waals surface area contributed by atoms with Gasteiger partial charge in [-0.3, -0.25) is 4.99 Å². The highest BCUT2D eigenvalue weighted by atomic mass is 19.1. The van der Waals surface area contributed by atoms with Crippen LogP contribution in [0.15, 0.2) is 47.5 Å². The van der Waals surface area contributed by atoms with Crippen molar-refractivity contribution in [2.24, 2.45) is 4.99 Å². The molecule has 5 heteroatoms. The van der Waals surface area contributed by atoms with Gasteiger partial charge in [-0.25, -0.2) is 8.78 Å². The minimum Gasteiger partial charge on any atom is -0.371 e. The fraction of sp³-hybridized carbons (Fsp3) is 0.381. The van der Waals surface area contributed by atoms with E-state index >= 15 is 0 Å². The largest absolute Gasteiger partial charge is 0.371 e. The number of nitrogens with one attached hydrogen (secondary N) is 2. The van der Waals surface area contributed by atoms with Crippen molar-refractivity contribution in [1.29, 1.82) is 0 Å². The number of nitrogens with zero attached hydrogens (tertiary/aromatic N) is 1. The third-order valence-corrected chi connectivity index (χ3v) is 5.39. The number of halogens is 2. The summed E-state index contributed by atoms with van der Waals surface area (Å²) in [5, 5.41) is 7.19. The summed E-state index contributed by atoms with van der Waals surface area (Å²) in [6, 6.07) is 11.8. The molecular weight excluding hydrogens is 332 g/mol. The fourth-order valence-electron chi connectivity index (χ4n) is 3.96. The topological polar surface area (TPSA) is 36.4 Å². The number of rotatable bonds is 2. The number of amidine groups is 1. The Bertz CT molecular complexity index is 824. The number of benzene rings is 2. The van der Waals surface area contributed by atoms with Crippen molar-refractivity contribution in [3.8, 4) is 0 Å². The molecule has 0 unspecified atom stereocenters. The molecule has 1 fully saturated rings. The van der Waals surface area contributed by atoms with Crippen molar-refractivity contribution in [2.75, 3.05) is 10.6 Å². The summed E-state index contributed by atoms with van der Waals surface area (Å²) in [5.41, 5.74) is 2.24. The lowest BCUT2D eigenvalue weighted by molar-refractivity contribution is 0.523. The highest BCUT2D eigenvalue weighted by Gasteiger charge is 2.39. The molecule has 0 aromatic heterocycles. The van der Waals surface area contributed by atoms with E-state index in [4.69, 9.17) is 4.99 Å². The molecule has 1 aliphatic heterocycles. The zero-order valence-electron chi connectivity index (χ0n) is 14.7. The molecule has 0 saturated heterocycles. The minimum absolute atomic E-state index is 0.194. The van der Waals surface area contributed by atoms with Crippen LogP contribution < -0.4 is 10.6 Å². The van der Waals surface area contributed by atoms with Gasteiger partial charge in [-0.05, 0) is 31.0 Å². The molecule has 1 aliphatic carbocycles. The van der Waals surface area contributed by atoms with Gasteiger partial charge < -0.3 is 10.6 Å². The Labute approximate surface area is 152 Å². The molecule has 0 bridgehead atoms. The Morgan fingerprint density at radius 2 is 1.65 bits per heavy atom. The minimum atomic E-state index is -0.564. The van der Waals surface area contributed by atoms with Crippen LogP contribution in [0, 0.1) is 11.6 Å². The summed E-state index contributed by atoms with van der Waals surface area (Å²) in [6.45, 7) is 0.194. The first-order valence-electron chi connectivity index (χ1n) is 9.29. The molecule has 2 N–H and O–H groups in total. The lowest BCUT2D eigenvalue weighted by Gasteiger charge is -2.41. The lowest BCUT2D eigenvalue weighted by Crippen LogP contribution is -2.52. The second-order valence-electron chi connectivity index (χ2n) is 7.19. The summed E-state index contributed by atoms with van der Waals surface area (Å²) < 4.78 is 27.1. The van der Waals surface area contributed by atoms with E-state index in [1.165, 1.54) is 25.0 Å². The third-order valence-electron chi connectivity index (χ3n) is 5.39. The first-order valence-corrected chi connectivity index (χ1v) is 9.29. The molecule has 1 saturated carbocycles. The van der Waals surface area contributed by atoms with Crippen LogP contribution in [0.5, 0.6) is 0 Å². The standard InChI is InChI=1S/C21H23F2N3/c22-16-10-9-15(17(23)13-16)14-24-20-21(11-5-1-2-6-12-21)26-19-8-4-3-7-18(19)25-20/h3-4,7-10,13,26H,1-2,5-6,11-12,14H2,(H,24,25). The molecule has 1 heterocycles. The Balaban J connectivity index is 1.68. The average Bonchev–Trinajstić information content (AvgIpc) is 2.87. The van der Waals surface area contributed by atoms with Gasteiger partial charge >= 0.3 is 0 Å². The highest BCUT2D eigenvalue weighted by molar-refractivity contribution is 6.09. The maximum Gasteiger partial charge on any atom is 0.131 e. The van der Waals surface area contributed by atoms with Crippen molar-refractivity contribution < 1.29 is 8.78 Å². The molecule has 2 aliphatic rings. The number of hydrogen-bond donors (Lipinski definition) is 2. The summed E-state index contributed by atoms with van der Waals surface area (Å²) in [5.74, 6) is -0.249. The van der Waals surface area contributed by atoms with Gasteiger partial charge in [-0.1, -0.05) is 43.9 Å². The molecule has 26 heavy (non-hydrogen) atoms. The molecule has 136 valence electrons. The number of aliphatic imine (C=N–C) groups is 1. The smallest absolute Gasteiger partial charge is 0.131 e. The van der Waals surface area contributed by atoms with E-state index in [9.17, 15) is 8.78 Å². The normalized spacial score (nSPS) is 20.2. The van der Waals surface area contributed by atoms with Crippen LogP contribution in [0.25, 0.3) is 0 Å². The maximum absolute atomic E-state index is 14.0. The van der Waals surface area contributed by atoms with E-state index in [-0.39, 0.29) is 12.1 Å². The van der Waals surface area contributed by atoms with Gasteiger partial charge in [0.15, 0.2) is 0 Å². The van der Waals surface area contributed by atoms with Crippen molar-refractivity contribution in [3.63, 3.8) is 0 Å². The van der Waals surface area contributed by atoms with Crippen LogP contribution in [-0.2, 0) is 6.54 Å². The van der Waals surface area contributed by atoms with Crippen molar-refractivity contribution in [1.82, 2.24) is 0 Å². The van der Waals surface area contributed by atoms with Gasteiger partial charge in [0.1, 0.15) is 17.5 Å². The van der Waals surface area contributed by atoms with Crippen LogP contribution in [0.4, 0.5) is 20.2 Å². The maximum atomic E-state index is 14.0. The molecule has 0 amide bonds.